The van der Waals surface area contributed by atoms with E-state index in [4.69, 9.17) is 4.74 Å². The molecule has 0 aliphatic carbocycles. The number of anilines is 1. The van der Waals surface area contributed by atoms with Crippen LogP contribution >= 0.6 is 0 Å². The van der Waals surface area contributed by atoms with Crippen LogP contribution in [-0.4, -0.2) is 44.3 Å². The summed E-state index contributed by atoms with van der Waals surface area (Å²) in [6.45, 7) is 4.61. The van der Waals surface area contributed by atoms with Crippen LogP contribution < -0.4 is 9.64 Å². The van der Waals surface area contributed by atoms with Gasteiger partial charge < -0.3 is 9.64 Å². The number of aryl methyl sites for hydroxylation is 1. The maximum atomic E-state index is 5.74. The molecule has 4 heterocycles. The predicted octanol–water partition coefficient (Wildman–Crippen LogP) is 2.12. The Kier molecular flexibility index (Phi) is 3.98. The molecule has 3 aromatic rings. The molecule has 0 aromatic carbocycles. The van der Waals surface area contributed by atoms with Gasteiger partial charge in [0.2, 0.25) is 0 Å². The van der Waals surface area contributed by atoms with E-state index in [-0.39, 0.29) is 0 Å². The van der Waals surface area contributed by atoms with Crippen LogP contribution in [0.15, 0.2) is 36.8 Å². The lowest BCUT2D eigenvalue weighted by Crippen LogP contribution is -2.39. The van der Waals surface area contributed by atoms with Gasteiger partial charge in [-0.15, -0.1) is 0 Å². The fourth-order valence-electron chi connectivity index (χ4n) is 3.21. The summed E-state index contributed by atoms with van der Waals surface area (Å²) in [4.78, 5) is 15.1. The van der Waals surface area contributed by atoms with Gasteiger partial charge in [0.25, 0.3) is 0 Å². The fraction of sp³-hybridized carbons (Fsp3) is 0.412. The first kappa shape index (κ1) is 14.9. The van der Waals surface area contributed by atoms with E-state index in [1.807, 2.05) is 17.5 Å². The Hall–Kier alpha value is -2.70. The van der Waals surface area contributed by atoms with Gasteiger partial charge in [-0.1, -0.05) is 0 Å². The number of ether oxygens (including phenoxy) is 1. The molecule has 1 aliphatic rings. The van der Waals surface area contributed by atoms with Gasteiger partial charge in [0.05, 0.1) is 12.8 Å². The maximum Gasteiger partial charge on any atom is 0.316 e. The molecule has 0 N–H and O–H groups in total. The van der Waals surface area contributed by atoms with Crippen molar-refractivity contribution >= 4 is 11.5 Å². The van der Waals surface area contributed by atoms with Crippen molar-refractivity contribution in [3.8, 4) is 6.01 Å². The second-order valence-electron chi connectivity index (χ2n) is 6.15. The molecule has 0 saturated carbocycles. The molecule has 1 unspecified atom stereocenters. The van der Waals surface area contributed by atoms with E-state index in [0.29, 0.717) is 18.5 Å². The van der Waals surface area contributed by atoms with Crippen LogP contribution in [0.25, 0.3) is 5.65 Å². The van der Waals surface area contributed by atoms with Crippen molar-refractivity contribution in [2.45, 2.75) is 19.8 Å². The lowest BCUT2D eigenvalue weighted by molar-refractivity contribution is 0.213. The minimum atomic E-state index is 0.446. The van der Waals surface area contributed by atoms with Crippen molar-refractivity contribution in [3.63, 3.8) is 0 Å². The molecule has 3 aromatic heterocycles. The monoisotopic (exact) mass is 324 g/mol. The van der Waals surface area contributed by atoms with Gasteiger partial charge in [0.15, 0.2) is 5.65 Å². The van der Waals surface area contributed by atoms with Crippen molar-refractivity contribution in [1.29, 1.82) is 0 Å². The highest BCUT2D eigenvalue weighted by Crippen LogP contribution is 2.24. The number of nitrogens with zero attached hydrogens (tertiary/aromatic N) is 6. The number of hydrogen-bond acceptors (Lipinski definition) is 6. The normalized spacial score (nSPS) is 18.0. The van der Waals surface area contributed by atoms with Crippen LogP contribution in [0.3, 0.4) is 0 Å². The number of aromatic nitrogens is 5. The van der Waals surface area contributed by atoms with Gasteiger partial charge in [-0.2, -0.15) is 9.61 Å². The third kappa shape index (κ3) is 3.02. The highest BCUT2D eigenvalue weighted by molar-refractivity contribution is 5.50. The molecule has 7 nitrogen and oxygen atoms in total. The van der Waals surface area contributed by atoms with Crippen molar-refractivity contribution in [2.24, 2.45) is 5.92 Å². The molecule has 1 aliphatic heterocycles. The summed E-state index contributed by atoms with van der Waals surface area (Å²) in [5.41, 5.74) is 1.90. The van der Waals surface area contributed by atoms with Gasteiger partial charge >= 0.3 is 6.01 Å². The number of hydrogen-bond donors (Lipinski definition) is 0. The molecular weight excluding hydrogens is 304 g/mol. The van der Waals surface area contributed by atoms with Crippen LogP contribution in [0.2, 0.25) is 0 Å². The van der Waals surface area contributed by atoms with Crippen LogP contribution in [0.5, 0.6) is 6.01 Å². The third-order valence-electron chi connectivity index (χ3n) is 4.30. The topological polar surface area (TPSA) is 68.4 Å². The van der Waals surface area contributed by atoms with Crippen LogP contribution in [0.4, 0.5) is 5.82 Å². The summed E-state index contributed by atoms with van der Waals surface area (Å²) in [6.07, 6.45) is 7.47. The predicted molar refractivity (Wildman–Crippen MR) is 90.2 cm³/mol. The second kappa shape index (κ2) is 6.43. The van der Waals surface area contributed by atoms with E-state index in [9.17, 15) is 0 Å². The molecule has 1 saturated heterocycles. The minimum absolute atomic E-state index is 0.446. The summed E-state index contributed by atoms with van der Waals surface area (Å²) in [5.74, 6) is 1.55. The van der Waals surface area contributed by atoms with E-state index in [1.54, 1.807) is 24.7 Å². The summed E-state index contributed by atoms with van der Waals surface area (Å²) in [5, 5.41) is 4.41. The zero-order valence-corrected chi connectivity index (χ0v) is 13.7. The van der Waals surface area contributed by atoms with E-state index in [2.05, 4.69) is 31.0 Å². The zero-order valence-electron chi connectivity index (χ0n) is 13.7. The van der Waals surface area contributed by atoms with Crippen LogP contribution in [-0.2, 0) is 0 Å². The van der Waals surface area contributed by atoms with Crippen molar-refractivity contribution in [3.05, 3.63) is 42.5 Å². The highest BCUT2D eigenvalue weighted by atomic mass is 16.5. The molecule has 0 bridgehead atoms. The van der Waals surface area contributed by atoms with Gasteiger partial charge in [-0.3, -0.25) is 0 Å². The Morgan fingerprint density at radius 3 is 3.00 bits per heavy atom. The lowest BCUT2D eigenvalue weighted by Gasteiger charge is -2.34. The van der Waals surface area contributed by atoms with E-state index < -0.39 is 0 Å². The Morgan fingerprint density at radius 1 is 1.25 bits per heavy atom. The largest absolute Gasteiger partial charge is 0.463 e. The van der Waals surface area contributed by atoms with Gasteiger partial charge in [0, 0.05) is 49.2 Å². The molecular formula is C17H20N6O. The van der Waals surface area contributed by atoms with E-state index in [0.717, 1.165) is 43.1 Å². The molecule has 4 rings (SSSR count). The maximum absolute atomic E-state index is 5.74. The van der Waals surface area contributed by atoms with E-state index >= 15 is 0 Å². The molecule has 0 radical (unpaired) electrons. The average molecular weight is 324 g/mol. The fourth-order valence-corrected chi connectivity index (χ4v) is 3.21. The molecule has 0 amide bonds. The summed E-state index contributed by atoms with van der Waals surface area (Å²) < 4.78 is 7.66. The van der Waals surface area contributed by atoms with Crippen molar-refractivity contribution in [1.82, 2.24) is 24.6 Å². The van der Waals surface area contributed by atoms with Gasteiger partial charge in [-0.05, 0) is 25.8 Å². The van der Waals surface area contributed by atoms with E-state index in [1.165, 1.54) is 0 Å². The van der Waals surface area contributed by atoms with Crippen molar-refractivity contribution in [2.75, 3.05) is 24.6 Å². The first-order valence-corrected chi connectivity index (χ1v) is 8.26. The zero-order chi connectivity index (χ0) is 16.4. The SMILES string of the molecule is Cc1cc(N2CCCC(COc3ncccn3)C2)n2nccc2n1. The van der Waals surface area contributed by atoms with Crippen LogP contribution in [0.1, 0.15) is 18.5 Å². The molecule has 124 valence electrons. The number of fused-ring (bicyclic) bond motifs is 1. The summed E-state index contributed by atoms with van der Waals surface area (Å²) in [6, 6.07) is 6.28. The average Bonchev–Trinajstić information content (AvgIpc) is 3.08. The standard InChI is InChI=1S/C17H20N6O/c1-13-10-16(23-15(21-13)5-8-20-23)22-9-2-4-14(11-22)12-24-17-18-6-3-7-19-17/h3,5-8,10,14H,2,4,9,11-12H2,1H3. The Morgan fingerprint density at radius 2 is 2.12 bits per heavy atom. The Labute approximate surface area is 140 Å². The second-order valence-corrected chi connectivity index (χ2v) is 6.15. The summed E-state index contributed by atoms with van der Waals surface area (Å²) >= 11 is 0. The van der Waals surface area contributed by atoms with Crippen LogP contribution in [0, 0.1) is 12.8 Å². The molecule has 7 heteroatoms. The molecule has 0 spiro atoms. The molecule has 24 heavy (non-hydrogen) atoms. The van der Waals surface area contributed by atoms with Gasteiger partial charge in [-0.25, -0.2) is 15.0 Å². The number of piperidine rings is 1. The molecule has 1 atom stereocenters. The minimum Gasteiger partial charge on any atom is -0.463 e. The number of rotatable bonds is 4. The quantitative estimate of drug-likeness (QED) is 0.732. The van der Waals surface area contributed by atoms with Crippen molar-refractivity contribution < 1.29 is 4.74 Å². The molecule has 1 fully saturated rings. The third-order valence-corrected chi connectivity index (χ3v) is 4.30. The first-order valence-electron chi connectivity index (χ1n) is 8.26. The first-order chi connectivity index (χ1) is 11.8. The smallest absolute Gasteiger partial charge is 0.316 e. The lowest BCUT2D eigenvalue weighted by atomic mass is 9.99. The summed E-state index contributed by atoms with van der Waals surface area (Å²) in [7, 11) is 0. The van der Waals surface area contributed by atoms with Gasteiger partial charge in [0.1, 0.15) is 5.82 Å². The highest BCUT2D eigenvalue weighted by Gasteiger charge is 2.23. The Balaban J connectivity index is 1.49. The Bertz CT molecular complexity index is 818.